The molecule has 1 aliphatic carbocycles. The number of halogens is 1. The van der Waals surface area contributed by atoms with E-state index in [9.17, 15) is 9.18 Å². The molecule has 2 aromatic carbocycles. The summed E-state index contributed by atoms with van der Waals surface area (Å²) < 4.78 is 13.7. The Morgan fingerprint density at radius 2 is 1.72 bits per heavy atom. The lowest BCUT2D eigenvalue weighted by Crippen LogP contribution is -2.46. The molecule has 0 bridgehead atoms. The standard InChI is InChI=1S/C22H26FNO/c1-17-9-11-19(12-10-17)22(14-5-2-6-15-22)21(25)24-16-13-18-7-3-4-8-20(18)23/h3-4,7-12H,2,5-6,13-16H2,1H3,(H,24,25). The summed E-state index contributed by atoms with van der Waals surface area (Å²) in [5, 5.41) is 3.08. The van der Waals surface area contributed by atoms with Gasteiger partial charge in [-0.25, -0.2) is 4.39 Å². The third-order valence-electron chi connectivity index (χ3n) is 5.38. The van der Waals surface area contributed by atoms with Crippen LogP contribution in [-0.2, 0) is 16.6 Å². The van der Waals surface area contributed by atoms with Crippen LogP contribution in [0, 0.1) is 12.7 Å². The molecule has 1 N–H and O–H groups in total. The highest BCUT2D eigenvalue weighted by Crippen LogP contribution is 2.39. The average molecular weight is 339 g/mol. The van der Waals surface area contributed by atoms with Crippen LogP contribution in [0.15, 0.2) is 48.5 Å². The Morgan fingerprint density at radius 1 is 1.04 bits per heavy atom. The molecule has 1 saturated carbocycles. The monoisotopic (exact) mass is 339 g/mol. The zero-order valence-electron chi connectivity index (χ0n) is 14.9. The van der Waals surface area contributed by atoms with Crippen molar-refractivity contribution in [3.05, 3.63) is 71.0 Å². The summed E-state index contributed by atoms with van der Waals surface area (Å²) in [4.78, 5) is 13.1. The maximum Gasteiger partial charge on any atom is 0.230 e. The Balaban J connectivity index is 1.71. The van der Waals surface area contributed by atoms with E-state index in [1.54, 1.807) is 12.1 Å². The number of aryl methyl sites for hydroxylation is 1. The van der Waals surface area contributed by atoms with Gasteiger partial charge in [-0.2, -0.15) is 0 Å². The first-order valence-electron chi connectivity index (χ1n) is 9.21. The van der Waals surface area contributed by atoms with E-state index in [4.69, 9.17) is 0 Å². The molecule has 1 amide bonds. The van der Waals surface area contributed by atoms with Gasteiger partial charge in [-0.15, -0.1) is 0 Å². The highest BCUT2D eigenvalue weighted by atomic mass is 19.1. The lowest BCUT2D eigenvalue weighted by molar-refractivity contribution is -0.128. The molecule has 1 fully saturated rings. The Kier molecular flexibility index (Phi) is 5.52. The number of nitrogens with one attached hydrogen (secondary N) is 1. The number of benzene rings is 2. The van der Waals surface area contributed by atoms with Crippen LogP contribution in [0.5, 0.6) is 0 Å². The van der Waals surface area contributed by atoms with Crippen LogP contribution < -0.4 is 5.32 Å². The minimum Gasteiger partial charge on any atom is -0.355 e. The first kappa shape index (κ1) is 17.7. The van der Waals surface area contributed by atoms with Gasteiger partial charge in [-0.1, -0.05) is 67.3 Å². The van der Waals surface area contributed by atoms with Gasteiger partial charge in [0.1, 0.15) is 5.82 Å². The Morgan fingerprint density at radius 3 is 2.40 bits per heavy atom. The average Bonchev–Trinajstić information content (AvgIpc) is 2.64. The molecule has 0 atom stereocenters. The molecule has 132 valence electrons. The van der Waals surface area contributed by atoms with Crippen LogP contribution in [-0.4, -0.2) is 12.5 Å². The fourth-order valence-corrected chi connectivity index (χ4v) is 3.86. The van der Waals surface area contributed by atoms with Crippen molar-refractivity contribution < 1.29 is 9.18 Å². The molecule has 2 aromatic rings. The van der Waals surface area contributed by atoms with Crippen LogP contribution in [0.4, 0.5) is 4.39 Å². The number of amides is 1. The van der Waals surface area contributed by atoms with Crippen molar-refractivity contribution >= 4 is 5.91 Å². The largest absolute Gasteiger partial charge is 0.355 e. The predicted octanol–water partition coefficient (Wildman–Crippen LogP) is 4.69. The lowest BCUT2D eigenvalue weighted by atomic mass is 9.68. The normalized spacial score (nSPS) is 16.4. The van der Waals surface area contributed by atoms with Gasteiger partial charge >= 0.3 is 0 Å². The second kappa shape index (κ2) is 7.81. The van der Waals surface area contributed by atoms with Crippen molar-refractivity contribution in [2.75, 3.05) is 6.54 Å². The molecule has 0 heterocycles. The highest BCUT2D eigenvalue weighted by Gasteiger charge is 2.40. The van der Waals surface area contributed by atoms with E-state index in [1.165, 1.54) is 18.1 Å². The van der Waals surface area contributed by atoms with E-state index < -0.39 is 5.41 Å². The van der Waals surface area contributed by atoms with Crippen molar-refractivity contribution in [3.63, 3.8) is 0 Å². The second-order valence-corrected chi connectivity index (χ2v) is 7.11. The fraction of sp³-hybridized carbons (Fsp3) is 0.409. The summed E-state index contributed by atoms with van der Waals surface area (Å²) in [5.74, 6) is -0.116. The number of hydrogen-bond donors (Lipinski definition) is 1. The zero-order chi connectivity index (χ0) is 17.7. The molecule has 3 rings (SSSR count). The molecule has 2 nitrogen and oxygen atoms in total. The molecule has 1 aliphatic rings. The van der Waals surface area contributed by atoms with Crippen molar-refractivity contribution in [1.29, 1.82) is 0 Å². The van der Waals surface area contributed by atoms with Crippen molar-refractivity contribution in [1.82, 2.24) is 5.32 Å². The number of hydrogen-bond acceptors (Lipinski definition) is 1. The Bertz CT molecular complexity index is 717. The molecule has 0 unspecified atom stereocenters. The smallest absolute Gasteiger partial charge is 0.230 e. The first-order valence-corrected chi connectivity index (χ1v) is 9.21. The van der Waals surface area contributed by atoms with E-state index in [2.05, 4.69) is 36.5 Å². The van der Waals surface area contributed by atoms with Crippen LogP contribution in [0.1, 0.15) is 48.8 Å². The number of rotatable bonds is 5. The van der Waals surface area contributed by atoms with Crippen molar-refractivity contribution in [2.45, 2.75) is 50.9 Å². The van der Waals surface area contributed by atoms with Gasteiger partial charge in [0.2, 0.25) is 5.91 Å². The van der Waals surface area contributed by atoms with Crippen LogP contribution in [0.2, 0.25) is 0 Å². The van der Waals surface area contributed by atoms with E-state index >= 15 is 0 Å². The van der Waals surface area contributed by atoms with E-state index in [0.717, 1.165) is 31.2 Å². The summed E-state index contributed by atoms with van der Waals surface area (Å²) in [7, 11) is 0. The van der Waals surface area contributed by atoms with Gasteiger partial charge in [0.25, 0.3) is 0 Å². The van der Waals surface area contributed by atoms with Gasteiger partial charge in [0.05, 0.1) is 5.41 Å². The quantitative estimate of drug-likeness (QED) is 0.841. The number of carbonyl (C=O) groups is 1. The molecule has 0 aromatic heterocycles. The minimum absolute atomic E-state index is 0.0902. The van der Waals surface area contributed by atoms with Gasteiger partial charge < -0.3 is 5.32 Å². The van der Waals surface area contributed by atoms with Crippen molar-refractivity contribution in [3.8, 4) is 0 Å². The fourth-order valence-electron chi connectivity index (χ4n) is 3.86. The maximum absolute atomic E-state index is 13.7. The summed E-state index contributed by atoms with van der Waals surface area (Å²) in [6.07, 6.45) is 5.64. The molecule has 0 radical (unpaired) electrons. The van der Waals surface area contributed by atoms with Gasteiger partial charge in [0, 0.05) is 6.54 Å². The summed E-state index contributed by atoms with van der Waals surface area (Å²) >= 11 is 0. The summed E-state index contributed by atoms with van der Waals surface area (Å²) in [6, 6.07) is 15.1. The third kappa shape index (κ3) is 3.92. The van der Waals surface area contributed by atoms with E-state index in [-0.39, 0.29) is 11.7 Å². The number of carbonyl (C=O) groups excluding carboxylic acids is 1. The third-order valence-corrected chi connectivity index (χ3v) is 5.38. The predicted molar refractivity (Wildman–Crippen MR) is 99.1 cm³/mol. The SMILES string of the molecule is Cc1ccc(C2(C(=O)NCCc3ccccc3F)CCCCC2)cc1. The minimum atomic E-state index is -0.429. The summed E-state index contributed by atoms with van der Waals surface area (Å²) in [6.45, 7) is 2.53. The van der Waals surface area contributed by atoms with Gasteiger partial charge in [-0.3, -0.25) is 4.79 Å². The van der Waals surface area contributed by atoms with Crippen LogP contribution >= 0.6 is 0 Å². The molecule has 25 heavy (non-hydrogen) atoms. The second-order valence-electron chi connectivity index (χ2n) is 7.11. The Hall–Kier alpha value is -2.16. The zero-order valence-corrected chi connectivity index (χ0v) is 14.9. The Labute approximate surface area is 149 Å². The first-order chi connectivity index (χ1) is 12.1. The summed E-state index contributed by atoms with van der Waals surface area (Å²) in [5.41, 5.74) is 2.54. The van der Waals surface area contributed by atoms with Crippen LogP contribution in [0.25, 0.3) is 0 Å². The molecule has 0 saturated heterocycles. The molecular formula is C22H26FNO. The van der Waals surface area contributed by atoms with Crippen molar-refractivity contribution in [2.24, 2.45) is 0 Å². The van der Waals surface area contributed by atoms with Gasteiger partial charge in [0.15, 0.2) is 0 Å². The highest BCUT2D eigenvalue weighted by molar-refractivity contribution is 5.88. The van der Waals surface area contributed by atoms with E-state index in [0.29, 0.717) is 18.5 Å². The van der Waals surface area contributed by atoms with Crippen LogP contribution in [0.3, 0.4) is 0 Å². The molecule has 0 spiro atoms. The van der Waals surface area contributed by atoms with E-state index in [1.807, 2.05) is 6.07 Å². The maximum atomic E-state index is 13.7. The lowest BCUT2D eigenvalue weighted by Gasteiger charge is -2.36. The molecular weight excluding hydrogens is 313 g/mol. The topological polar surface area (TPSA) is 29.1 Å². The van der Waals surface area contributed by atoms with Gasteiger partial charge in [-0.05, 0) is 43.4 Å². The molecule has 0 aliphatic heterocycles. The molecule has 3 heteroatoms.